The second-order valence-electron chi connectivity index (χ2n) is 6.96. The lowest BCUT2D eigenvalue weighted by Gasteiger charge is -2.22. The topological polar surface area (TPSA) is 97.3 Å². The van der Waals surface area contributed by atoms with E-state index in [1.54, 1.807) is 20.5 Å². The van der Waals surface area contributed by atoms with Gasteiger partial charge < -0.3 is 24.5 Å². The molecule has 2 N–H and O–H groups in total. The molecule has 8 nitrogen and oxygen atoms in total. The van der Waals surface area contributed by atoms with E-state index in [1.807, 2.05) is 22.8 Å². The molecule has 3 heterocycles. The van der Waals surface area contributed by atoms with Crippen LogP contribution in [0, 0.1) is 5.92 Å². The molecule has 0 spiro atoms. The molecule has 4 rings (SSSR count). The molecule has 0 bridgehead atoms. The summed E-state index contributed by atoms with van der Waals surface area (Å²) >= 11 is 1.42. The highest BCUT2D eigenvalue weighted by molar-refractivity contribution is 7.99. The van der Waals surface area contributed by atoms with Crippen LogP contribution in [0.2, 0.25) is 0 Å². The van der Waals surface area contributed by atoms with E-state index in [4.69, 9.17) is 24.9 Å². The Bertz CT molecular complexity index is 942. The molecule has 1 saturated heterocycles. The average molecular weight is 416 g/mol. The zero-order valence-electron chi connectivity index (χ0n) is 16.6. The largest absolute Gasteiger partial charge is 0.497 e. The van der Waals surface area contributed by atoms with Gasteiger partial charge in [-0.1, -0.05) is 0 Å². The van der Waals surface area contributed by atoms with Crippen molar-refractivity contribution in [1.82, 2.24) is 19.5 Å². The van der Waals surface area contributed by atoms with Crippen LogP contribution >= 0.6 is 11.8 Å². The van der Waals surface area contributed by atoms with E-state index in [-0.39, 0.29) is 0 Å². The number of hydrogen-bond acceptors (Lipinski definition) is 8. The monoisotopic (exact) mass is 415 g/mol. The van der Waals surface area contributed by atoms with Crippen molar-refractivity contribution >= 4 is 17.6 Å². The highest BCUT2D eigenvalue weighted by Crippen LogP contribution is 2.38. The second kappa shape index (κ2) is 8.87. The van der Waals surface area contributed by atoms with Crippen molar-refractivity contribution in [2.24, 2.45) is 5.92 Å². The molecule has 9 heteroatoms. The van der Waals surface area contributed by atoms with E-state index in [9.17, 15) is 0 Å². The molecule has 1 aromatic carbocycles. The van der Waals surface area contributed by atoms with E-state index in [0.717, 1.165) is 61.2 Å². The number of fused-ring (bicyclic) bond motifs is 1. The first kappa shape index (κ1) is 19.8. The fourth-order valence-electron chi connectivity index (χ4n) is 3.46. The Morgan fingerprint density at radius 1 is 1.21 bits per heavy atom. The van der Waals surface area contributed by atoms with Gasteiger partial charge in [0.2, 0.25) is 0 Å². The van der Waals surface area contributed by atoms with Gasteiger partial charge in [-0.15, -0.1) is 0 Å². The van der Waals surface area contributed by atoms with Crippen molar-refractivity contribution in [2.45, 2.75) is 35.9 Å². The van der Waals surface area contributed by atoms with Gasteiger partial charge in [-0.05, 0) is 55.1 Å². The minimum atomic E-state index is 0.388. The standard InChI is InChI=1S/C20H25N5O3S/c1-26-14-3-4-15(27-2)16(11-14)29-20-23-17-18(21)22-12-25(19(17)24-20)8-5-13-6-9-28-10-7-13/h3-4,11-13H,5-10,21H2,1-2H3. The van der Waals surface area contributed by atoms with Gasteiger partial charge in [0.1, 0.15) is 11.5 Å². The first-order valence-electron chi connectivity index (χ1n) is 9.64. The number of nitrogen functional groups attached to an aromatic ring is 1. The van der Waals surface area contributed by atoms with Crippen LogP contribution in [0.15, 0.2) is 34.6 Å². The summed E-state index contributed by atoms with van der Waals surface area (Å²) in [5.74, 6) is 3.30. The first-order chi connectivity index (χ1) is 14.2. The Balaban J connectivity index is 1.58. The molecule has 1 fully saturated rings. The molecule has 3 aliphatic rings. The van der Waals surface area contributed by atoms with Crippen LogP contribution < -0.4 is 15.2 Å². The van der Waals surface area contributed by atoms with E-state index in [1.165, 1.54) is 11.8 Å². The maximum absolute atomic E-state index is 6.08. The second-order valence-corrected chi connectivity index (χ2v) is 7.97. The number of anilines is 1. The number of methoxy groups -OCH3 is 2. The quantitative estimate of drug-likeness (QED) is 0.627. The number of nitrogens with two attached hydrogens (primary N) is 1. The van der Waals surface area contributed by atoms with Crippen LogP contribution in [-0.2, 0) is 11.3 Å². The van der Waals surface area contributed by atoms with Crippen molar-refractivity contribution in [1.29, 1.82) is 0 Å². The summed E-state index contributed by atoms with van der Waals surface area (Å²) < 4.78 is 18.3. The van der Waals surface area contributed by atoms with Gasteiger partial charge in [0.15, 0.2) is 22.5 Å². The van der Waals surface area contributed by atoms with E-state index >= 15 is 0 Å². The maximum atomic E-state index is 6.08. The third kappa shape index (κ3) is 4.40. The Hall–Kier alpha value is -2.52. The van der Waals surface area contributed by atoms with Crippen LogP contribution in [0.1, 0.15) is 19.3 Å². The van der Waals surface area contributed by atoms with Gasteiger partial charge in [0.05, 0.1) is 25.4 Å². The predicted octanol–water partition coefficient (Wildman–Crippen LogP) is 3.35. The molecule has 0 saturated carbocycles. The predicted molar refractivity (Wildman–Crippen MR) is 111 cm³/mol. The summed E-state index contributed by atoms with van der Waals surface area (Å²) in [6.45, 7) is 2.54. The molecule has 0 radical (unpaired) electrons. The minimum absolute atomic E-state index is 0.388. The molecule has 29 heavy (non-hydrogen) atoms. The number of rotatable bonds is 7. The van der Waals surface area contributed by atoms with Crippen LogP contribution in [0.5, 0.6) is 11.5 Å². The van der Waals surface area contributed by atoms with Crippen LogP contribution in [0.25, 0.3) is 11.5 Å². The molecule has 154 valence electrons. The van der Waals surface area contributed by atoms with E-state index in [2.05, 4.69) is 9.97 Å². The summed E-state index contributed by atoms with van der Waals surface area (Å²) in [6.07, 6.45) is 5.03. The molecule has 0 atom stereocenters. The number of ether oxygens (including phenoxy) is 3. The summed E-state index contributed by atoms with van der Waals surface area (Å²) in [5, 5.41) is 0.603. The number of aromatic nitrogens is 4. The zero-order chi connectivity index (χ0) is 20.2. The van der Waals surface area contributed by atoms with Crippen molar-refractivity contribution in [3.05, 3.63) is 24.5 Å². The van der Waals surface area contributed by atoms with Crippen LogP contribution in [-0.4, -0.2) is 47.0 Å². The third-order valence-corrected chi connectivity index (χ3v) is 6.07. The lowest BCUT2D eigenvalue weighted by molar-refractivity contribution is 0.0626. The summed E-state index contributed by atoms with van der Waals surface area (Å²) in [4.78, 5) is 14.5. The number of hydrogen-bond donors (Lipinski definition) is 1. The minimum Gasteiger partial charge on any atom is -0.497 e. The normalized spacial score (nSPS) is 15.0. The Morgan fingerprint density at radius 3 is 2.79 bits per heavy atom. The summed E-state index contributed by atoms with van der Waals surface area (Å²) in [6, 6.07) is 5.64. The smallest absolute Gasteiger partial charge is 0.195 e. The van der Waals surface area contributed by atoms with Gasteiger partial charge in [-0.2, -0.15) is 0 Å². The maximum Gasteiger partial charge on any atom is 0.195 e. The zero-order valence-corrected chi connectivity index (χ0v) is 17.4. The highest BCUT2D eigenvalue weighted by Gasteiger charge is 2.21. The van der Waals surface area contributed by atoms with Gasteiger partial charge in [-0.3, -0.25) is 0 Å². The fourth-order valence-corrected chi connectivity index (χ4v) is 4.35. The number of nitrogens with zero attached hydrogens (tertiary/aromatic N) is 4. The van der Waals surface area contributed by atoms with Gasteiger partial charge in [0, 0.05) is 19.8 Å². The summed E-state index contributed by atoms with van der Waals surface area (Å²) in [7, 11) is 3.28. The SMILES string of the molecule is COc1ccc(OC)c(Sc2nc3c(N)ncn(CCC4CCOCC4)c-3n2)c1. The summed E-state index contributed by atoms with van der Waals surface area (Å²) in [5.41, 5.74) is 6.70. The van der Waals surface area contributed by atoms with Crippen molar-refractivity contribution in [3.63, 3.8) is 0 Å². The van der Waals surface area contributed by atoms with Gasteiger partial charge >= 0.3 is 0 Å². The molecule has 0 unspecified atom stereocenters. The Labute approximate surface area is 174 Å². The van der Waals surface area contributed by atoms with E-state index < -0.39 is 0 Å². The third-order valence-electron chi connectivity index (χ3n) is 5.16. The number of benzene rings is 1. The molecule has 1 aromatic rings. The lowest BCUT2D eigenvalue weighted by Crippen LogP contribution is -2.18. The average Bonchev–Trinajstić information content (AvgIpc) is 3.18. The molecular weight excluding hydrogens is 390 g/mol. The fraction of sp³-hybridized carbons (Fsp3) is 0.450. The van der Waals surface area contributed by atoms with Crippen molar-refractivity contribution in [3.8, 4) is 23.0 Å². The number of aryl methyl sites for hydroxylation is 1. The van der Waals surface area contributed by atoms with Crippen molar-refractivity contribution < 1.29 is 14.2 Å². The molecule has 0 aromatic heterocycles. The molecule has 0 aliphatic carbocycles. The highest BCUT2D eigenvalue weighted by atomic mass is 32.2. The lowest BCUT2D eigenvalue weighted by atomic mass is 9.96. The number of imidazole rings is 1. The van der Waals surface area contributed by atoms with Crippen LogP contribution in [0.3, 0.4) is 0 Å². The molecule has 0 amide bonds. The molecular formula is C20H25N5O3S. The van der Waals surface area contributed by atoms with Crippen molar-refractivity contribution in [2.75, 3.05) is 33.2 Å². The van der Waals surface area contributed by atoms with Gasteiger partial charge in [-0.25, -0.2) is 15.0 Å². The molecule has 3 aliphatic heterocycles. The van der Waals surface area contributed by atoms with Gasteiger partial charge in [0.25, 0.3) is 0 Å². The first-order valence-corrected chi connectivity index (χ1v) is 10.5. The Morgan fingerprint density at radius 2 is 2.03 bits per heavy atom. The van der Waals surface area contributed by atoms with E-state index in [0.29, 0.717) is 22.6 Å². The Kier molecular flexibility index (Phi) is 6.05. The van der Waals surface area contributed by atoms with Crippen LogP contribution in [0.4, 0.5) is 5.82 Å².